The molecule has 2 aromatic heterocycles. The van der Waals surface area contributed by atoms with Crippen LogP contribution in [-0.4, -0.2) is 11.5 Å². The molecule has 0 fully saturated rings. The Morgan fingerprint density at radius 2 is 2.40 bits per heavy atom. The molecule has 0 bridgehead atoms. The first-order valence-electron chi connectivity index (χ1n) is 4.66. The van der Waals surface area contributed by atoms with Crippen molar-refractivity contribution in [2.75, 3.05) is 6.54 Å². The number of thiazole rings is 1. The van der Waals surface area contributed by atoms with Gasteiger partial charge in [-0.15, -0.1) is 22.7 Å². The molecule has 2 aromatic rings. The molecule has 0 spiro atoms. The highest BCUT2D eigenvalue weighted by molar-refractivity contribution is 9.10. The van der Waals surface area contributed by atoms with Crippen LogP contribution in [0.25, 0.3) is 0 Å². The van der Waals surface area contributed by atoms with Crippen LogP contribution in [0, 0.1) is 0 Å². The fourth-order valence-corrected chi connectivity index (χ4v) is 3.29. The quantitative estimate of drug-likeness (QED) is 0.857. The third-order valence-electron chi connectivity index (χ3n) is 2.02. The van der Waals surface area contributed by atoms with Gasteiger partial charge in [0.25, 0.3) is 0 Å². The number of hydrogen-bond acceptors (Lipinski definition) is 4. The largest absolute Gasteiger partial charge is 0.311 e. The van der Waals surface area contributed by atoms with Gasteiger partial charge in [-0.25, -0.2) is 4.98 Å². The molecule has 1 N–H and O–H groups in total. The van der Waals surface area contributed by atoms with Crippen molar-refractivity contribution in [2.24, 2.45) is 0 Å². The normalized spacial score (nSPS) is 10.7. The number of nitrogens with one attached hydrogen (secondary N) is 1. The van der Waals surface area contributed by atoms with Crippen LogP contribution in [0.1, 0.15) is 10.6 Å². The fourth-order valence-electron chi connectivity index (χ4n) is 1.23. The van der Waals surface area contributed by atoms with Crippen molar-refractivity contribution in [3.05, 3.63) is 37.4 Å². The van der Waals surface area contributed by atoms with Crippen LogP contribution in [-0.2, 0) is 13.0 Å². The summed E-state index contributed by atoms with van der Waals surface area (Å²) in [5.41, 5.74) is 3.06. The average Bonchev–Trinajstić information content (AvgIpc) is 2.85. The molecular weight excluding hydrogens is 292 g/mol. The number of halogens is 1. The third kappa shape index (κ3) is 3.38. The Bertz CT molecular complexity index is 397. The van der Waals surface area contributed by atoms with E-state index in [1.807, 2.05) is 5.51 Å². The van der Waals surface area contributed by atoms with Gasteiger partial charge in [-0.05, 0) is 27.4 Å². The molecule has 0 atom stereocenters. The van der Waals surface area contributed by atoms with Crippen molar-refractivity contribution in [3.8, 4) is 0 Å². The van der Waals surface area contributed by atoms with Crippen molar-refractivity contribution in [2.45, 2.75) is 13.0 Å². The summed E-state index contributed by atoms with van der Waals surface area (Å²) in [6.45, 7) is 1.91. The van der Waals surface area contributed by atoms with Gasteiger partial charge in [0, 0.05) is 34.2 Å². The summed E-state index contributed by atoms with van der Waals surface area (Å²) in [5, 5.41) is 7.61. The number of thiophene rings is 1. The van der Waals surface area contributed by atoms with Crippen molar-refractivity contribution >= 4 is 38.6 Å². The average molecular weight is 303 g/mol. The van der Waals surface area contributed by atoms with Gasteiger partial charge in [-0.2, -0.15) is 0 Å². The molecule has 0 aliphatic heterocycles. The maximum atomic E-state index is 4.24. The van der Waals surface area contributed by atoms with Gasteiger partial charge in [0.1, 0.15) is 0 Å². The van der Waals surface area contributed by atoms with E-state index in [1.54, 1.807) is 22.7 Å². The number of aromatic nitrogens is 1. The molecule has 0 amide bonds. The summed E-state index contributed by atoms with van der Waals surface area (Å²) in [7, 11) is 0. The fraction of sp³-hybridized carbons (Fsp3) is 0.300. The maximum absolute atomic E-state index is 4.24. The molecular formula is C10H11BrN2S2. The highest BCUT2D eigenvalue weighted by Gasteiger charge is 2.00. The van der Waals surface area contributed by atoms with Gasteiger partial charge in [-0.1, -0.05) is 0 Å². The Kier molecular flexibility index (Phi) is 4.31. The highest BCUT2D eigenvalue weighted by Crippen LogP contribution is 2.21. The highest BCUT2D eigenvalue weighted by atomic mass is 79.9. The van der Waals surface area contributed by atoms with Crippen molar-refractivity contribution in [1.29, 1.82) is 0 Å². The van der Waals surface area contributed by atoms with Crippen molar-refractivity contribution in [1.82, 2.24) is 10.3 Å². The summed E-state index contributed by atoms with van der Waals surface area (Å²) in [4.78, 5) is 5.60. The first-order chi connectivity index (χ1) is 7.36. The topological polar surface area (TPSA) is 24.9 Å². The summed E-state index contributed by atoms with van der Waals surface area (Å²) in [6, 6.07) is 2.09. The van der Waals surface area contributed by atoms with E-state index in [1.165, 1.54) is 15.0 Å². The zero-order valence-electron chi connectivity index (χ0n) is 8.07. The van der Waals surface area contributed by atoms with E-state index in [9.17, 15) is 0 Å². The van der Waals surface area contributed by atoms with Crippen LogP contribution in [0.5, 0.6) is 0 Å². The van der Waals surface area contributed by atoms with Gasteiger partial charge in [-0.3, -0.25) is 0 Å². The standard InChI is InChI=1S/C10H11BrN2S2/c11-9-2-4-15-10(9)5-12-3-1-8-6-14-7-13-8/h2,4,6-7,12H,1,3,5H2. The van der Waals surface area contributed by atoms with Gasteiger partial charge in [0.15, 0.2) is 0 Å². The molecule has 2 nitrogen and oxygen atoms in total. The van der Waals surface area contributed by atoms with E-state index in [2.05, 4.69) is 43.1 Å². The molecule has 0 unspecified atom stereocenters. The summed E-state index contributed by atoms with van der Waals surface area (Å²) in [6.07, 6.45) is 1.01. The minimum Gasteiger partial charge on any atom is -0.311 e. The number of hydrogen-bond donors (Lipinski definition) is 1. The lowest BCUT2D eigenvalue weighted by atomic mass is 10.3. The minimum atomic E-state index is 0.933. The monoisotopic (exact) mass is 302 g/mol. The van der Waals surface area contributed by atoms with Gasteiger partial charge in [0.05, 0.1) is 11.2 Å². The Morgan fingerprint density at radius 1 is 1.47 bits per heavy atom. The lowest BCUT2D eigenvalue weighted by molar-refractivity contribution is 0.686. The molecule has 80 valence electrons. The Balaban J connectivity index is 1.70. The number of rotatable bonds is 5. The molecule has 5 heteroatoms. The van der Waals surface area contributed by atoms with E-state index in [0.717, 1.165) is 19.5 Å². The molecule has 0 saturated heterocycles. The second-order valence-electron chi connectivity index (χ2n) is 3.10. The summed E-state index contributed by atoms with van der Waals surface area (Å²) in [5.74, 6) is 0. The van der Waals surface area contributed by atoms with Crippen LogP contribution >= 0.6 is 38.6 Å². The molecule has 0 aliphatic carbocycles. The first-order valence-corrected chi connectivity index (χ1v) is 7.27. The zero-order chi connectivity index (χ0) is 10.5. The predicted molar refractivity (Wildman–Crippen MR) is 69.5 cm³/mol. The third-order valence-corrected chi connectivity index (χ3v) is 4.58. The smallest absolute Gasteiger partial charge is 0.0794 e. The van der Waals surface area contributed by atoms with E-state index in [4.69, 9.17) is 0 Å². The minimum absolute atomic E-state index is 0.933. The van der Waals surface area contributed by atoms with Crippen molar-refractivity contribution in [3.63, 3.8) is 0 Å². The van der Waals surface area contributed by atoms with Crippen LogP contribution in [0.15, 0.2) is 26.8 Å². The molecule has 2 heterocycles. The van der Waals surface area contributed by atoms with Crippen LogP contribution in [0.3, 0.4) is 0 Å². The first kappa shape index (κ1) is 11.3. The zero-order valence-corrected chi connectivity index (χ0v) is 11.3. The van der Waals surface area contributed by atoms with Crippen LogP contribution in [0.2, 0.25) is 0 Å². The predicted octanol–water partition coefficient (Wildman–Crippen LogP) is 3.30. The lowest BCUT2D eigenvalue weighted by Crippen LogP contribution is -2.16. The molecule has 0 aliphatic rings. The Morgan fingerprint density at radius 3 is 3.07 bits per heavy atom. The Labute approximate surface area is 106 Å². The molecule has 0 saturated carbocycles. The van der Waals surface area contributed by atoms with Gasteiger partial charge >= 0.3 is 0 Å². The van der Waals surface area contributed by atoms with Gasteiger partial charge < -0.3 is 5.32 Å². The second-order valence-corrected chi connectivity index (χ2v) is 5.67. The molecule has 2 rings (SSSR count). The maximum Gasteiger partial charge on any atom is 0.0794 e. The van der Waals surface area contributed by atoms with Crippen LogP contribution in [0.4, 0.5) is 0 Å². The van der Waals surface area contributed by atoms with Gasteiger partial charge in [0.2, 0.25) is 0 Å². The van der Waals surface area contributed by atoms with E-state index in [-0.39, 0.29) is 0 Å². The molecule has 15 heavy (non-hydrogen) atoms. The van der Waals surface area contributed by atoms with E-state index >= 15 is 0 Å². The lowest BCUT2D eigenvalue weighted by Gasteiger charge is -2.01. The van der Waals surface area contributed by atoms with Crippen LogP contribution < -0.4 is 5.32 Å². The van der Waals surface area contributed by atoms with E-state index < -0.39 is 0 Å². The van der Waals surface area contributed by atoms with Crippen molar-refractivity contribution < 1.29 is 0 Å². The summed E-state index contributed by atoms with van der Waals surface area (Å²) < 4.78 is 1.20. The van der Waals surface area contributed by atoms with E-state index in [0.29, 0.717) is 0 Å². The SMILES string of the molecule is Brc1ccsc1CNCCc1cscn1. The Hall–Kier alpha value is -0.230. The number of nitrogens with zero attached hydrogens (tertiary/aromatic N) is 1. The second kappa shape index (κ2) is 5.75. The molecule has 0 radical (unpaired) electrons. The summed E-state index contributed by atoms with van der Waals surface area (Å²) >= 11 is 6.94. The molecule has 0 aromatic carbocycles.